The number of nitrogens with one attached hydrogen (secondary N) is 2. The van der Waals surface area contributed by atoms with Gasteiger partial charge in [-0.25, -0.2) is 8.42 Å². The van der Waals surface area contributed by atoms with E-state index in [1.165, 1.54) is 18.2 Å². The summed E-state index contributed by atoms with van der Waals surface area (Å²) in [5.41, 5.74) is 0.0371. The number of fused-ring (bicyclic) bond motifs is 1. The zero-order valence-electron chi connectivity index (χ0n) is 14.8. The Hall–Kier alpha value is -3.35. The van der Waals surface area contributed by atoms with E-state index >= 15 is 0 Å². The lowest BCUT2D eigenvalue weighted by atomic mass is 10.2. The molecule has 2 aromatic carbocycles. The van der Waals surface area contributed by atoms with E-state index in [1.807, 2.05) is 0 Å². The van der Waals surface area contributed by atoms with Crippen LogP contribution in [0, 0.1) is 0 Å². The number of alkyl halides is 4. The number of halogens is 4. The number of anilines is 1. The first-order chi connectivity index (χ1) is 14.2. The van der Waals surface area contributed by atoms with Crippen LogP contribution in [0.25, 0.3) is 0 Å². The zero-order valence-corrected chi connectivity index (χ0v) is 15.6. The summed E-state index contributed by atoms with van der Waals surface area (Å²) in [4.78, 5) is 16.1. The maximum atomic E-state index is 12.6. The number of ether oxygens (including phenoxy) is 2. The lowest BCUT2D eigenvalue weighted by Gasteiger charge is -2.13. The number of amides is 1. The Balaban J connectivity index is 1.76. The van der Waals surface area contributed by atoms with Crippen LogP contribution in [-0.2, 0) is 14.8 Å². The van der Waals surface area contributed by atoms with Gasteiger partial charge in [-0.05, 0) is 24.3 Å². The highest BCUT2D eigenvalue weighted by Gasteiger charge is 2.30. The summed E-state index contributed by atoms with van der Waals surface area (Å²) in [6.07, 6.45) is 0. The first-order valence-electron chi connectivity index (χ1n) is 8.16. The molecule has 0 fully saturated rings. The second-order valence-electron chi connectivity index (χ2n) is 5.73. The molecule has 3 rings (SSSR count). The maximum Gasteiger partial charge on any atom is 0.387 e. The van der Waals surface area contributed by atoms with Gasteiger partial charge in [-0.1, -0.05) is 12.1 Å². The monoisotopic (exact) mass is 447 g/mol. The fraction of sp³-hybridized carbons (Fsp3) is 0.176. The van der Waals surface area contributed by atoms with Crippen LogP contribution in [0.3, 0.4) is 0 Å². The van der Waals surface area contributed by atoms with Crippen molar-refractivity contribution < 1.29 is 40.2 Å². The summed E-state index contributed by atoms with van der Waals surface area (Å²) >= 11 is 0. The van der Waals surface area contributed by atoms with Gasteiger partial charge in [0.2, 0.25) is 5.91 Å². The predicted octanol–water partition coefficient (Wildman–Crippen LogP) is 2.57. The minimum atomic E-state index is -3.79. The van der Waals surface area contributed by atoms with Crippen LogP contribution >= 0.6 is 0 Å². The summed E-state index contributed by atoms with van der Waals surface area (Å²) < 4.78 is 84.3. The molecule has 0 saturated carbocycles. The van der Waals surface area contributed by atoms with Gasteiger partial charge in [0.1, 0.15) is 18.1 Å². The van der Waals surface area contributed by atoms with Crippen molar-refractivity contribution in [3.8, 4) is 11.5 Å². The number of rotatable bonds is 7. The molecule has 8 nitrogen and oxygen atoms in total. The second-order valence-corrected chi connectivity index (χ2v) is 7.38. The molecule has 1 aliphatic rings. The largest absolute Gasteiger partial charge is 0.435 e. The van der Waals surface area contributed by atoms with E-state index < -0.39 is 47.2 Å². The standard InChI is InChI=1S/C17H13F4N3O5S/c18-16(19)28-9-5-6-11(12(7-9)29-17(20)21)23-14(25)8-22-15-10-3-1-2-4-13(10)30(26,27)24-15/h1-7,16-17H,8H2,(H,22,24)(H,23,25). The van der Waals surface area contributed by atoms with Gasteiger partial charge >= 0.3 is 13.2 Å². The van der Waals surface area contributed by atoms with Crippen LogP contribution < -0.4 is 19.5 Å². The molecule has 0 spiro atoms. The van der Waals surface area contributed by atoms with E-state index in [0.717, 1.165) is 18.2 Å². The predicted molar refractivity (Wildman–Crippen MR) is 96.5 cm³/mol. The van der Waals surface area contributed by atoms with Gasteiger partial charge in [0.15, 0.2) is 5.75 Å². The molecule has 1 heterocycles. The van der Waals surface area contributed by atoms with Gasteiger partial charge in [-0.3, -0.25) is 14.5 Å². The Morgan fingerprint density at radius 2 is 1.77 bits per heavy atom. The van der Waals surface area contributed by atoms with E-state index in [-0.39, 0.29) is 22.0 Å². The topological polar surface area (TPSA) is 106 Å². The number of hydrogen-bond acceptors (Lipinski definition) is 6. The number of sulfonamides is 1. The van der Waals surface area contributed by atoms with Crippen molar-refractivity contribution in [2.75, 3.05) is 11.9 Å². The van der Waals surface area contributed by atoms with E-state index in [4.69, 9.17) is 0 Å². The molecule has 0 unspecified atom stereocenters. The van der Waals surface area contributed by atoms with Crippen LogP contribution in [0.5, 0.6) is 11.5 Å². The molecule has 0 saturated heterocycles. The van der Waals surface area contributed by atoms with E-state index in [9.17, 15) is 30.8 Å². The Morgan fingerprint density at radius 3 is 2.47 bits per heavy atom. The van der Waals surface area contributed by atoms with Crippen molar-refractivity contribution in [1.29, 1.82) is 0 Å². The molecule has 0 atom stereocenters. The van der Waals surface area contributed by atoms with Gasteiger partial charge in [0, 0.05) is 11.6 Å². The normalized spacial score (nSPS) is 15.7. The Kier molecular flexibility index (Phi) is 6.10. The molecule has 160 valence electrons. The Bertz CT molecular complexity index is 1090. The highest BCUT2D eigenvalue weighted by molar-refractivity contribution is 7.90. The third kappa shape index (κ3) is 4.97. The first-order valence-corrected chi connectivity index (χ1v) is 9.64. The average molecular weight is 447 g/mol. The molecule has 1 amide bonds. The Morgan fingerprint density at radius 1 is 1.07 bits per heavy atom. The van der Waals surface area contributed by atoms with Gasteiger partial charge in [-0.15, -0.1) is 0 Å². The van der Waals surface area contributed by atoms with Crippen molar-refractivity contribution in [1.82, 2.24) is 4.72 Å². The maximum absolute atomic E-state index is 12.6. The Labute approximate surface area is 167 Å². The third-order valence-corrected chi connectivity index (χ3v) is 5.11. The molecule has 13 heteroatoms. The molecule has 0 aliphatic carbocycles. The van der Waals surface area contributed by atoms with Crippen molar-refractivity contribution in [2.45, 2.75) is 18.1 Å². The molecular formula is C17H13F4N3O5S. The van der Waals surface area contributed by atoms with Crippen LogP contribution in [0.4, 0.5) is 23.2 Å². The quantitative estimate of drug-likeness (QED) is 0.635. The smallest absolute Gasteiger partial charge is 0.387 e. The molecule has 30 heavy (non-hydrogen) atoms. The number of benzene rings is 2. The first kappa shape index (κ1) is 21.4. The minimum absolute atomic E-state index is 0.00592. The minimum Gasteiger partial charge on any atom is -0.435 e. The summed E-state index contributed by atoms with van der Waals surface area (Å²) in [6, 6.07) is 8.81. The number of carbonyl (C=O) groups is 1. The van der Waals surface area contributed by atoms with Crippen molar-refractivity contribution in [3.63, 3.8) is 0 Å². The molecule has 2 N–H and O–H groups in total. The van der Waals surface area contributed by atoms with Gasteiger partial charge < -0.3 is 14.8 Å². The lowest BCUT2D eigenvalue weighted by molar-refractivity contribution is -0.115. The van der Waals surface area contributed by atoms with E-state index in [2.05, 4.69) is 24.5 Å². The van der Waals surface area contributed by atoms with Crippen LogP contribution in [0.1, 0.15) is 5.56 Å². The highest BCUT2D eigenvalue weighted by Crippen LogP contribution is 2.31. The van der Waals surface area contributed by atoms with Crippen molar-refractivity contribution >= 4 is 27.5 Å². The van der Waals surface area contributed by atoms with Gasteiger partial charge in [0.05, 0.1) is 10.6 Å². The molecule has 0 radical (unpaired) electrons. The van der Waals surface area contributed by atoms with E-state index in [0.29, 0.717) is 0 Å². The number of nitrogens with zero attached hydrogens (tertiary/aromatic N) is 1. The molecule has 1 aliphatic heterocycles. The van der Waals surface area contributed by atoms with Crippen molar-refractivity contribution in [2.24, 2.45) is 4.99 Å². The number of carbonyl (C=O) groups excluding carboxylic acids is 1. The lowest BCUT2D eigenvalue weighted by Crippen LogP contribution is -2.24. The number of amidine groups is 1. The van der Waals surface area contributed by atoms with Crippen LogP contribution in [0.2, 0.25) is 0 Å². The fourth-order valence-electron chi connectivity index (χ4n) is 2.57. The van der Waals surface area contributed by atoms with Crippen LogP contribution in [-0.4, -0.2) is 39.9 Å². The second kappa shape index (κ2) is 8.57. The van der Waals surface area contributed by atoms with E-state index in [1.54, 1.807) is 6.07 Å². The van der Waals surface area contributed by atoms with Gasteiger partial charge in [-0.2, -0.15) is 17.6 Å². The summed E-state index contributed by atoms with van der Waals surface area (Å²) in [7, 11) is -3.79. The van der Waals surface area contributed by atoms with Gasteiger partial charge in [0.25, 0.3) is 10.0 Å². The third-order valence-electron chi connectivity index (χ3n) is 3.71. The molecule has 2 aromatic rings. The number of aliphatic imine (C=N–C) groups is 1. The summed E-state index contributed by atoms with van der Waals surface area (Å²) in [6.45, 7) is -7.03. The summed E-state index contributed by atoms with van der Waals surface area (Å²) in [5, 5.41) is 2.24. The fourth-order valence-corrected chi connectivity index (χ4v) is 3.82. The molecule has 0 aromatic heterocycles. The van der Waals surface area contributed by atoms with Crippen LogP contribution in [0.15, 0.2) is 52.4 Å². The summed E-state index contributed by atoms with van der Waals surface area (Å²) in [5.74, 6) is -1.90. The number of hydrogen-bond donors (Lipinski definition) is 2. The SMILES string of the molecule is O=C(CN=C1NS(=O)(=O)c2ccccc21)Nc1ccc(OC(F)F)cc1OC(F)F. The highest BCUT2D eigenvalue weighted by atomic mass is 32.2. The zero-order chi connectivity index (χ0) is 21.9. The average Bonchev–Trinajstić information content (AvgIpc) is 2.92. The molecule has 0 bridgehead atoms. The van der Waals surface area contributed by atoms with Crippen molar-refractivity contribution in [3.05, 3.63) is 48.0 Å². The molecular weight excluding hydrogens is 434 g/mol.